The average Bonchev–Trinajstić information content (AvgIpc) is 3.20. The van der Waals surface area contributed by atoms with E-state index in [-0.39, 0.29) is 0 Å². The summed E-state index contributed by atoms with van der Waals surface area (Å²) in [4.78, 5) is 11.7. The highest BCUT2D eigenvalue weighted by Gasteiger charge is 2.29. The summed E-state index contributed by atoms with van der Waals surface area (Å²) in [6.07, 6.45) is 3.50. The van der Waals surface area contributed by atoms with E-state index in [1.807, 2.05) is 6.92 Å². The van der Waals surface area contributed by atoms with Crippen molar-refractivity contribution in [3.05, 3.63) is 11.4 Å². The zero-order valence-corrected chi connectivity index (χ0v) is 12.4. The van der Waals surface area contributed by atoms with E-state index >= 15 is 0 Å². The van der Waals surface area contributed by atoms with E-state index in [9.17, 15) is 0 Å². The van der Waals surface area contributed by atoms with Gasteiger partial charge in [0, 0.05) is 24.1 Å². The Hall–Kier alpha value is -1.36. The van der Waals surface area contributed by atoms with E-state index in [1.165, 1.54) is 12.8 Å². The van der Waals surface area contributed by atoms with E-state index in [2.05, 4.69) is 36.1 Å². The van der Waals surface area contributed by atoms with Crippen LogP contribution in [-0.4, -0.2) is 22.6 Å². The Morgan fingerprint density at radius 1 is 1.37 bits per heavy atom. The number of nitrogens with two attached hydrogens (primary N) is 1. The number of aromatic nitrogens is 2. The monoisotopic (exact) mass is 263 g/mol. The smallest absolute Gasteiger partial charge is 0.148 e. The molecule has 0 aromatic carbocycles. The molecule has 106 valence electrons. The third-order valence-corrected chi connectivity index (χ3v) is 3.58. The first-order valence-corrected chi connectivity index (χ1v) is 7.20. The first kappa shape index (κ1) is 14.1. The summed E-state index contributed by atoms with van der Waals surface area (Å²) in [6, 6.07) is 0.422. The second kappa shape index (κ2) is 5.74. The Morgan fingerprint density at radius 2 is 2.05 bits per heavy atom. The molecule has 0 spiro atoms. The van der Waals surface area contributed by atoms with E-state index in [0.717, 1.165) is 36.0 Å². The van der Waals surface area contributed by atoms with Crippen LogP contribution < -0.4 is 16.2 Å². The fourth-order valence-electron chi connectivity index (χ4n) is 2.32. The fraction of sp³-hybridized carbons (Fsp3) is 0.714. The maximum Gasteiger partial charge on any atom is 0.148 e. The highest BCUT2D eigenvalue weighted by Crippen LogP contribution is 2.40. The molecule has 0 radical (unpaired) electrons. The van der Waals surface area contributed by atoms with Crippen LogP contribution in [0.5, 0.6) is 0 Å². The largest absolute Gasteiger partial charge is 0.354 e. The van der Waals surface area contributed by atoms with Gasteiger partial charge in [0.1, 0.15) is 17.5 Å². The first-order chi connectivity index (χ1) is 9.08. The lowest BCUT2D eigenvalue weighted by Crippen LogP contribution is -2.33. The molecular weight excluding hydrogens is 238 g/mol. The molecule has 2 rings (SSSR count). The minimum absolute atomic E-state index is 0.422. The van der Waals surface area contributed by atoms with Gasteiger partial charge in [0.15, 0.2) is 0 Å². The van der Waals surface area contributed by atoms with Crippen molar-refractivity contribution in [3.8, 4) is 0 Å². The van der Waals surface area contributed by atoms with Crippen LogP contribution in [0.25, 0.3) is 0 Å². The Labute approximate surface area is 115 Å². The molecule has 1 fully saturated rings. The van der Waals surface area contributed by atoms with Gasteiger partial charge in [-0.3, -0.25) is 0 Å². The van der Waals surface area contributed by atoms with Gasteiger partial charge in [-0.15, -0.1) is 0 Å². The second-order valence-electron chi connectivity index (χ2n) is 5.58. The van der Waals surface area contributed by atoms with E-state index in [1.54, 1.807) is 0 Å². The molecule has 1 aliphatic carbocycles. The van der Waals surface area contributed by atoms with Gasteiger partial charge < -0.3 is 10.3 Å². The maximum atomic E-state index is 5.60. The minimum Gasteiger partial charge on any atom is -0.354 e. The fourth-order valence-corrected chi connectivity index (χ4v) is 2.32. The molecule has 0 unspecified atom stereocenters. The number of rotatable bonds is 6. The van der Waals surface area contributed by atoms with Crippen molar-refractivity contribution < 1.29 is 0 Å². The summed E-state index contributed by atoms with van der Waals surface area (Å²) in [6.45, 7) is 9.62. The van der Waals surface area contributed by atoms with Crippen LogP contribution in [0.1, 0.15) is 57.3 Å². The molecular formula is C14H25N5. The molecule has 1 heterocycles. The summed E-state index contributed by atoms with van der Waals surface area (Å²) >= 11 is 0. The van der Waals surface area contributed by atoms with Gasteiger partial charge in [-0.25, -0.2) is 15.8 Å². The van der Waals surface area contributed by atoms with Crippen LogP contribution in [0.4, 0.5) is 11.6 Å². The molecule has 0 saturated heterocycles. The van der Waals surface area contributed by atoms with Crippen molar-refractivity contribution in [1.82, 2.24) is 9.97 Å². The lowest BCUT2D eigenvalue weighted by molar-refractivity contribution is 0.655. The summed E-state index contributed by atoms with van der Waals surface area (Å²) < 4.78 is 0. The van der Waals surface area contributed by atoms with Gasteiger partial charge in [-0.2, -0.15) is 0 Å². The average molecular weight is 263 g/mol. The number of hydrogen-bond donors (Lipinski definition) is 2. The van der Waals surface area contributed by atoms with Gasteiger partial charge in [0.25, 0.3) is 0 Å². The van der Waals surface area contributed by atoms with Gasteiger partial charge >= 0.3 is 0 Å². The Morgan fingerprint density at radius 3 is 2.53 bits per heavy atom. The molecule has 1 aromatic heterocycles. The number of hydrogen-bond acceptors (Lipinski definition) is 5. The van der Waals surface area contributed by atoms with Gasteiger partial charge in [0.2, 0.25) is 0 Å². The lowest BCUT2D eigenvalue weighted by atomic mass is 10.2. The lowest BCUT2D eigenvalue weighted by Gasteiger charge is -2.29. The topological polar surface area (TPSA) is 67.1 Å². The highest BCUT2D eigenvalue weighted by molar-refractivity contribution is 5.59. The Kier molecular flexibility index (Phi) is 4.24. The van der Waals surface area contributed by atoms with Crippen LogP contribution in [0.15, 0.2) is 0 Å². The Balaban J connectivity index is 2.43. The van der Waals surface area contributed by atoms with Crippen molar-refractivity contribution in [2.24, 2.45) is 5.84 Å². The van der Waals surface area contributed by atoms with Crippen LogP contribution in [0, 0.1) is 6.92 Å². The minimum atomic E-state index is 0.422. The van der Waals surface area contributed by atoms with Crippen LogP contribution >= 0.6 is 0 Å². The van der Waals surface area contributed by atoms with Crippen molar-refractivity contribution in [1.29, 1.82) is 0 Å². The normalized spacial score (nSPS) is 14.8. The van der Waals surface area contributed by atoms with Gasteiger partial charge in [0.05, 0.1) is 0 Å². The number of hydrazine groups is 1. The number of anilines is 2. The van der Waals surface area contributed by atoms with Crippen molar-refractivity contribution in [2.75, 3.05) is 16.9 Å². The van der Waals surface area contributed by atoms with Crippen molar-refractivity contribution in [2.45, 2.75) is 58.9 Å². The standard InChI is InChI=1S/C14H25N5/c1-5-8-19(9(2)3)14-10(4)12(18-15)16-13(17-14)11-6-7-11/h9,11H,5-8,15H2,1-4H3,(H,16,17,18). The molecule has 19 heavy (non-hydrogen) atoms. The molecule has 0 atom stereocenters. The third kappa shape index (κ3) is 2.97. The zero-order chi connectivity index (χ0) is 14.0. The van der Waals surface area contributed by atoms with Crippen LogP contribution in [0.2, 0.25) is 0 Å². The van der Waals surface area contributed by atoms with E-state index in [4.69, 9.17) is 10.8 Å². The predicted octanol–water partition coefficient (Wildman–Crippen LogP) is 2.57. The molecule has 0 bridgehead atoms. The highest BCUT2D eigenvalue weighted by atomic mass is 15.3. The zero-order valence-electron chi connectivity index (χ0n) is 12.4. The van der Waals surface area contributed by atoms with Crippen LogP contribution in [-0.2, 0) is 0 Å². The van der Waals surface area contributed by atoms with Gasteiger partial charge in [-0.1, -0.05) is 6.92 Å². The molecule has 0 amide bonds. The SMILES string of the molecule is CCCN(c1nc(C2CC2)nc(NN)c1C)C(C)C. The van der Waals surface area contributed by atoms with E-state index < -0.39 is 0 Å². The number of nitrogens with one attached hydrogen (secondary N) is 1. The van der Waals surface area contributed by atoms with Crippen LogP contribution in [0.3, 0.4) is 0 Å². The molecule has 1 aliphatic rings. The molecule has 0 aliphatic heterocycles. The molecule has 1 aromatic rings. The van der Waals surface area contributed by atoms with E-state index in [0.29, 0.717) is 12.0 Å². The predicted molar refractivity (Wildman–Crippen MR) is 79.3 cm³/mol. The molecule has 3 N–H and O–H groups in total. The summed E-state index contributed by atoms with van der Waals surface area (Å²) in [5.41, 5.74) is 3.75. The number of nitrogen functional groups attached to an aromatic ring is 1. The van der Waals surface area contributed by atoms with Crippen molar-refractivity contribution in [3.63, 3.8) is 0 Å². The molecule has 1 saturated carbocycles. The Bertz CT molecular complexity index is 440. The quantitative estimate of drug-likeness (QED) is 0.610. The maximum absolute atomic E-state index is 5.60. The second-order valence-corrected chi connectivity index (χ2v) is 5.58. The van der Waals surface area contributed by atoms with Gasteiger partial charge in [-0.05, 0) is 40.0 Å². The molecule has 5 nitrogen and oxygen atoms in total. The first-order valence-electron chi connectivity index (χ1n) is 7.20. The molecule has 5 heteroatoms. The number of nitrogens with zero attached hydrogens (tertiary/aromatic N) is 3. The third-order valence-electron chi connectivity index (χ3n) is 3.58. The summed E-state index contributed by atoms with van der Waals surface area (Å²) in [5, 5.41) is 0. The summed E-state index contributed by atoms with van der Waals surface area (Å²) in [5.74, 6) is 8.86. The van der Waals surface area contributed by atoms with Crippen molar-refractivity contribution >= 4 is 11.6 Å². The summed E-state index contributed by atoms with van der Waals surface area (Å²) in [7, 11) is 0.